The van der Waals surface area contributed by atoms with Gasteiger partial charge in [0.2, 0.25) is 0 Å². The number of aromatic nitrogens is 2. The minimum Gasteiger partial charge on any atom is -0.464 e. The molecular formula is C9H6Cl2N2O2. The van der Waals surface area contributed by atoms with Crippen LogP contribution in [0.2, 0.25) is 10.0 Å². The van der Waals surface area contributed by atoms with Crippen LogP contribution in [-0.2, 0) is 4.74 Å². The van der Waals surface area contributed by atoms with Gasteiger partial charge in [0.1, 0.15) is 0 Å². The summed E-state index contributed by atoms with van der Waals surface area (Å²) in [5.74, 6) is -0.537. The maximum Gasteiger partial charge on any atom is 0.359 e. The highest BCUT2D eigenvalue weighted by Gasteiger charge is 2.17. The molecule has 1 aromatic carbocycles. The first-order valence-electron chi connectivity index (χ1n) is 4.05. The zero-order chi connectivity index (χ0) is 11.0. The Labute approximate surface area is 95.1 Å². The third-order valence-corrected chi connectivity index (χ3v) is 2.48. The fourth-order valence-corrected chi connectivity index (χ4v) is 1.90. The highest BCUT2D eigenvalue weighted by atomic mass is 35.5. The lowest BCUT2D eigenvalue weighted by Gasteiger charge is -1.97. The number of halogens is 2. The van der Waals surface area contributed by atoms with Crippen molar-refractivity contribution >= 4 is 40.1 Å². The van der Waals surface area contributed by atoms with Gasteiger partial charge in [0.15, 0.2) is 5.69 Å². The molecule has 0 radical (unpaired) electrons. The summed E-state index contributed by atoms with van der Waals surface area (Å²) in [5.41, 5.74) is 0.766. The van der Waals surface area contributed by atoms with Crippen LogP contribution in [0.15, 0.2) is 12.1 Å². The van der Waals surface area contributed by atoms with E-state index in [0.717, 1.165) is 0 Å². The molecule has 1 heterocycles. The molecule has 0 fully saturated rings. The first kappa shape index (κ1) is 10.3. The Balaban J connectivity index is 2.74. The van der Waals surface area contributed by atoms with Crippen molar-refractivity contribution in [3.05, 3.63) is 27.9 Å². The van der Waals surface area contributed by atoms with Crippen molar-refractivity contribution in [1.29, 1.82) is 0 Å². The summed E-state index contributed by atoms with van der Waals surface area (Å²) < 4.78 is 4.57. The van der Waals surface area contributed by atoms with Gasteiger partial charge in [0.25, 0.3) is 0 Å². The van der Waals surface area contributed by atoms with E-state index in [-0.39, 0.29) is 5.69 Å². The number of rotatable bonds is 1. The SMILES string of the molecule is COC(=O)c1n[nH]c2cc(Cl)cc(Cl)c12. The maximum absolute atomic E-state index is 11.3. The van der Waals surface area contributed by atoms with E-state index < -0.39 is 5.97 Å². The van der Waals surface area contributed by atoms with E-state index in [1.165, 1.54) is 7.11 Å². The van der Waals surface area contributed by atoms with Crippen molar-refractivity contribution in [1.82, 2.24) is 10.2 Å². The molecule has 0 atom stereocenters. The number of nitrogens with one attached hydrogen (secondary N) is 1. The number of carbonyl (C=O) groups excluding carboxylic acids is 1. The normalized spacial score (nSPS) is 10.6. The number of methoxy groups -OCH3 is 1. The van der Waals surface area contributed by atoms with Crippen LogP contribution in [0, 0.1) is 0 Å². The van der Waals surface area contributed by atoms with E-state index in [2.05, 4.69) is 14.9 Å². The van der Waals surface area contributed by atoms with Gasteiger partial charge < -0.3 is 4.74 Å². The van der Waals surface area contributed by atoms with Crippen LogP contribution in [0.5, 0.6) is 0 Å². The zero-order valence-corrected chi connectivity index (χ0v) is 9.19. The van der Waals surface area contributed by atoms with Gasteiger partial charge in [-0.2, -0.15) is 5.10 Å². The first-order valence-corrected chi connectivity index (χ1v) is 4.80. The second kappa shape index (κ2) is 3.72. The van der Waals surface area contributed by atoms with Crippen molar-refractivity contribution < 1.29 is 9.53 Å². The Morgan fingerprint density at radius 3 is 2.87 bits per heavy atom. The van der Waals surface area contributed by atoms with Crippen LogP contribution in [0.4, 0.5) is 0 Å². The molecule has 0 bridgehead atoms. The highest BCUT2D eigenvalue weighted by Crippen LogP contribution is 2.29. The molecule has 78 valence electrons. The zero-order valence-electron chi connectivity index (χ0n) is 7.67. The number of benzene rings is 1. The Bertz CT molecular complexity index is 536. The largest absolute Gasteiger partial charge is 0.464 e. The molecule has 0 spiro atoms. The minimum absolute atomic E-state index is 0.161. The molecular weight excluding hydrogens is 239 g/mol. The molecule has 0 saturated carbocycles. The third kappa shape index (κ3) is 1.66. The maximum atomic E-state index is 11.3. The van der Waals surface area contributed by atoms with Crippen molar-refractivity contribution in [2.75, 3.05) is 7.11 Å². The van der Waals surface area contributed by atoms with Gasteiger partial charge in [-0.25, -0.2) is 4.79 Å². The van der Waals surface area contributed by atoms with Crippen molar-refractivity contribution in [3.8, 4) is 0 Å². The van der Waals surface area contributed by atoms with E-state index in [0.29, 0.717) is 20.9 Å². The monoisotopic (exact) mass is 244 g/mol. The molecule has 0 aliphatic carbocycles. The summed E-state index contributed by atoms with van der Waals surface area (Å²) in [6.45, 7) is 0. The standard InChI is InChI=1S/C9H6Cl2N2O2/c1-15-9(14)8-7-5(11)2-4(10)3-6(7)12-13-8/h2-3H,1H3,(H,12,13). The molecule has 0 amide bonds. The summed E-state index contributed by atoms with van der Waals surface area (Å²) in [6, 6.07) is 3.19. The van der Waals surface area contributed by atoms with Crippen LogP contribution < -0.4 is 0 Å². The van der Waals surface area contributed by atoms with Gasteiger partial charge >= 0.3 is 5.97 Å². The third-order valence-electron chi connectivity index (χ3n) is 1.96. The summed E-state index contributed by atoms with van der Waals surface area (Å²) in [4.78, 5) is 11.3. The van der Waals surface area contributed by atoms with Gasteiger partial charge in [0, 0.05) is 5.02 Å². The lowest BCUT2D eigenvalue weighted by molar-refractivity contribution is 0.0596. The number of hydrogen-bond donors (Lipinski definition) is 1. The summed E-state index contributed by atoms with van der Waals surface area (Å²) in [7, 11) is 1.28. The van der Waals surface area contributed by atoms with Gasteiger partial charge in [-0.1, -0.05) is 23.2 Å². The highest BCUT2D eigenvalue weighted by molar-refractivity contribution is 6.39. The molecule has 0 aliphatic rings. The lowest BCUT2D eigenvalue weighted by atomic mass is 10.2. The molecule has 2 rings (SSSR count). The van der Waals surface area contributed by atoms with Gasteiger partial charge in [-0.3, -0.25) is 5.10 Å². The number of fused-ring (bicyclic) bond motifs is 1. The fourth-order valence-electron chi connectivity index (χ4n) is 1.32. The number of carbonyl (C=O) groups is 1. The summed E-state index contributed by atoms with van der Waals surface area (Å²) in [6.07, 6.45) is 0. The number of esters is 1. The van der Waals surface area contributed by atoms with Gasteiger partial charge in [-0.15, -0.1) is 0 Å². The smallest absolute Gasteiger partial charge is 0.359 e. The van der Waals surface area contributed by atoms with E-state index >= 15 is 0 Å². The molecule has 15 heavy (non-hydrogen) atoms. The molecule has 2 aromatic rings. The summed E-state index contributed by atoms with van der Waals surface area (Å²) >= 11 is 11.8. The Kier molecular flexibility index (Phi) is 2.54. The second-order valence-corrected chi connectivity index (χ2v) is 3.72. The van der Waals surface area contributed by atoms with E-state index in [9.17, 15) is 4.79 Å². The Morgan fingerprint density at radius 1 is 1.47 bits per heavy atom. The van der Waals surface area contributed by atoms with Crippen LogP contribution in [0.3, 0.4) is 0 Å². The van der Waals surface area contributed by atoms with E-state index in [1.807, 2.05) is 0 Å². The predicted molar refractivity (Wildman–Crippen MR) is 57.5 cm³/mol. The molecule has 0 aliphatic heterocycles. The molecule has 1 N–H and O–H groups in total. The van der Waals surface area contributed by atoms with E-state index in [1.54, 1.807) is 12.1 Å². The quantitative estimate of drug-likeness (QED) is 0.785. The van der Waals surface area contributed by atoms with Crippen LogP contribution >= 0.6 is 23.2 Å². The van der Waals surface area contributed by atoms with Crippen LogP contribution in [0.25, 0.3) is 10.9 Å². The number of aromatic amines is 1. The number of hydrogen-bond acceptors (Lipinski definition) is 3. The van der Waals surface area contributed by atoms with Gasteiger partial charge in [-0.05, 0) is 12.1 Å². The Morgan fingerprint density at radius 2 is 2.20 bits per heavy atom. The molecule has 0 saturated heterocycles. The van der Waals surface area contributed by atoms with Crippen molar-refractivity contribution in [3.63, 3.8) is 0 Å². The molecule has 4 nitrogen and oxygen atoms in total. The average Bonchev–Trinajstić information content (AvgIpc) is 2.60. The van der Waals surface area contributed by atoms with Crippen LogP contribution in [0.1, 0.15) is 10.5 Å². The molecule has 6 heteroatoms. The number of ether oxygens (including phenoxy) is 1. The number of H-pyrrole nitrogens is 1. The fraction of sp³-hybridized carbons (Fsp3) is 0.111. The predicted octanol–water partition coefficient (Wildman–Crippen LogP) is 2.66. The topological polar surface area (TPSA) is 55.0 Å². The van der Waals surface area contributed by atoms with Crippen molar-refractivity contribution in [2.45, 2.75) is 0 Å². The molecule has 1 aromatic heterocycles. The number of nitrogens with zero attached hydrogens (tertiary/aromatic N) is 1. The van der Waals surface area contributed by atoms with Gasteiger partial charge in [0.05, 0.1) is 23.0 Å². The summed E-state index contributed by atoms with van der Waals surface area (Å²) in [5, 5.41) is 7.86. The Hall–Kier alpha value is -1.26. The van der Waals surface area contributed by atoms with Crippen molar-refractivity contribution in [2.24, 2.45) is 0 Å². The molecule has 0 unspecified atom stereocenters. The lowest BCUT2D eigenvalue weighted by Crippen LogP contribution is -2.02. The minimum atomic E-state index is -0.537. The van der Waals surface area contributed by atoms with Crippen LogP contribution in [-0.4, -0.2) is 23.3 Å². The average molecular weight is 245 g/mol. The second-order valence-electron chi connectivity index (χ2n) is 2.87. The first-order chi connectivity index (χ1) is 7.13. The van der Waals surface area contributed by atoms with E-state index in [4.69, 9.17) is 23.2 Å².